The van der Waals surface area contributed by atoms with Crippen LogP contribution in [-0.4, -0.2) is 20.1 Å². The second-order valence-electron chi connectivity index (χ2n) is 3.24. The fourth-order valence-corrected chi connectivity index (χ4v) is 2.84. The van der Waals surface area contributed by atoms with Crippen molar-refractivity contribution >= 4 is 37.8 Å². The number of carbonyl (C=O) groups is 1. The molecule has 16 heavy (non-hydrogen) atoms. The molecule has 0 bridgehead atoms. The van der Waals surface area contributed by atoms with Gasteiger partial charge in [-0.15, -0.1) is 0 Å². The maximum atomic E-state index is 11.2. The van der Waals surface area contributed by atoms with E-state index in [0.717, 1.165) is 20.3 Å². The van der Waals surface area contributed by atoms with Crippen molar-refractivity contribution in [1.29, 1.82) is 0 Å². The van der Waals surface area contributed by atoms with Gasteiger partial charge in [0.1, 0.15) is 5.75 Å². The van der Waals surface area contributed by atoms with Gasteiger partial charge in [0.15, 0.2) is 0 Å². The first kappa shape index (κ1) is 13.5. The molecular formula is C11H13Br2NO2. The Kier molecular flexibility index (Phi) is 5.28. The lowest BCUT2D eigenvalue weighted by Gasteiger charge is -2.09. The van der Waals surface area contributed by atoms with Crippen LogP contribution in [0, 0.1) is 0 Å². The lowest BCUT2D eigenvalue weighted by Crippen LogP contribution is -2.18. The Bertz CT molecular complexity index is 371. The molecular weight excluding hydrogens is 338 g/mol. The molecule has 1 aromatic carbocycles. The van der Waals surface area contributed by atoms with Gasteiger partial charge in [0.05, 0.1) is 7.11 Å². The molecule has 0 fully saturated rings. The van der Waals surface area contributed by atoms with Crippen molar-refractivity contribution in [2.75, 3.05) is 14.2 Å². The highest BCUT2D eigenvalue weighted by atomic mass is 79.9. The molecule has 1 rings (SSSR count). The molecule has 5 heteroatoms. The van der Waals surface area contributed by atoms with Crippen molar-refractivity contribution in [3.8, 4) is 5.75 Å². The summed E-state index contributed by atoms with van der Waals surface area (Å²) in [5, 5.41) is 2.60. The Labute approximate surface area is 112 Å². The molecule has 0 unspecified atom stereocenters. The summed E-state index contributed by atoms with van der Waals surface area (Å²) in [6.45, 7) is 0. The first-order chi connectivity index (χ1) is 7.58. The van der Waals surface area contributed by atoms with E-state index in [1.54, 1.807) is 14.2 Å². The van der Waals surface area contributed by atoms with Gasteiger partial charge < -0.3 is 10.1 Å². The number of ether oxygens (including phenoxy) is 1. The van der Waals surface area contributed by atoms with Crippen LogP contribution in [0.25, 0.3) is 0 Å². The Morgan fingerprint density at radius 2 is 1.94 bits per heavy atom. The van der Waals surface area contributed by atoms with Crippen LogP contribution in [0.5, 0.6) is 5.75 Å². The van der Waals surface area contributed by atoms with Crippen molar-refractivity contribution in [1.82, 2.24) is 5.32 Å². The van der Waals surface area contributed by atoms with Crippen LogP contribution in [0.3, 0.4) is 0 Å². The molecule has 0 aromatic heterocycles. The van der Waals surface area contributed by atoms with E-state index in [4.69, 9.17) is 4.74 Å². The van der Waals surface area contributed by atoms with Crippen molar-refractivity contribution < 1.29 is 9.53 Å². The first-order valence-corrected chi connectivity index (χ1v) is 6.39. The minimum Gasteiger partial charge on any atom is -0.497 e. The highest BCUT2D eigenvalue weighted by molar-refractivity contribution is 9.11. The number of halogens is 2. The highest BCUT2D eigenvalue weighted by Crippen LogP contribution is 2.31. The molecule has 0 atom stereocenters. The molecule has 0 saturated carbocycles. The maximum Gasteiger partial charge on any atom is 0.220 e. The molecule has 0 saturated heterocycles. The number of amides is 1. The quantitative estimate of drug-likeness (QED) is 0.906. The Morgan fingerprint density at radius 3 is 2.38 bits per heavy atom. The summed E-state index contributed by atoms with van der Waals surface area (Å²) >= 11 is 6.94. The predicted octanol–water partition coefficient (Wildman–Crippen LogP) is 2.90. The summed E-state index contributed by atoms with van der Waals surface area (Å²) < 4.78 is 7.03. The van der Waals surface area contributed by atoms with E-state index < -0.39 is 0 Å². The van der Waals surface area contributed by atoms with E-state index in [1.807, 2.05) is 12.1 Å². The molecule has 0 radical (unpaired) electrons. The third-order valence-electron chi connectivity index (χ3n) is 2.23. The number of rotatable bonds is 4. The molecule has 1 amide bonds. The molecule has 0 aliphatic carbocycles. The smallest absolute Gasteiger partial charge is 0.220 e. The van der Waals surface area contributed by atoms with Crippen LogP contribution in [0.1, 0.15) is 12.0 Å². The van der Waals surface area contributed by atoms with Gasteiger partial charge in [0, 0.05) is 22.4 Å². The average molecular weight is 351 g/mol. The normalized spacial score (nSPS) is 10.0. The molecule has 88 valence electrons. The Morgan fingerprint density at radius 1 is 1.38 bits per heavy atom. The van der Waals surface area contributed by atoms with Gasteiger partial charge in [0.25, 0.3) is 0 Å². The largest absolute Gasteiger partial charge is 0.497 e. The summed E-state index contributed by atoms with van der Waals surface area (Å²) in [6.07, 6.45) is 1.16. The Balaban J connectivity index is 2.84. The average Bonchev–Trinajstić information content (AvgIpc) is 2.27. The van der Waals surface area contributed by atoms with Gasteiger partial charge >= 0.3 is 0 Å². The van der Waals surface area contributed by atoms with Crippen LogP contribution in [-0.2, 0) is 11.2 Å². The van der Waals surface area contributed by atoms with Crippen molar-refractivity contribution in [2.24, 2.45) is 0 Å². The summed E-state index contributed by atoms with van der Waals surface area (Å²) in [6, 6.07) is 3.79. The monoisotopic (exact) mass is 349 g/mol. The number of benzene rings is 1. The molecule has 1 N–H and O–H groups in total. The van der Waals surface area contributed by atoms with Crippen LogP contribution >= 0.6 is 31.9 Å². The zero-order valence-electron chi connectivity index (χ0n) is 9.14. The number of hydrogen-bond donors (Lipinski definition) is 1. The van der Waals surface area contributed by atoms with E-state index in [0.29, 0.717) is 12.8 Å². The van der Waals surface area contributed by atoms with Gasteiger partial charge in [-0.25, -0.2) is 0 Å². The van der Waals surface area contributed by atoms with Gasteiger partial charge in [-0.05, 0) is 24.1 Å². The molecule has 3 nitrogen and oxygen atoms in total. The topological polar surface area (TPSA) is 38.3 Å². The minimum atomic E-state index is 0.0367. The number of methoxy groups -OCH3 is 1. The fraction of sp³-hybridized carbons (Fsp3) is 0.364. The lowest BCUT2D eigenvalue weighted by molar-refractivity contribution is -0.120. The third-order valence-corrected chi connectivity index (χ3v) is 3.65. The van der Waals surface area contributed by atoms with E-state index in [9.17, 15) is 4.79 Å². The molecule has 0 aliphatic rings. The van der Waals surface area contributed by atoms with Crippen molar-refractivity contribution in [3.05, 3.63) is 26.6 Å². The summed E-state index contributed by atoms with van der Waals surface area (Å²) in [4.78, 5) is 11.2. The number of nitrogens with one attached hydrogen (secondary N) is 1. The van der Waals surface area contributed by atoms with E-state index in [1.165, 1.54) is 0 Å². The molecule has 0 aliphatic heterocycles. The second kappa shape index (κ2) is 6.25. The third kappa shape index (κ3) is 3.49. The summed E-state index contributed by atoms with van der Waals surface area (Å²) in [7, 11) is 3.26. The number of carbonyl (C=O) groups excluding carboxylic acids is 1. The molecule has 1 aromatic rings. The lowest BCUT2D eigenvalue weighted by atomic mass is 10.1. The number of hydrogen-bond acceptors (Lipinski definition) is 2. The minimum absolute atomic E-state index is 0.0367. The van der Waals surface area contributed by atoms with E-state index in [-0.39, 0.29) is 5.91 Å². The molecule has 0 spiro atoms. The summed E-state index contributed by atoms with van der Waals surface area (Å²) in [5.74, 6) is 0.817. The first-order valence-electron chi connectivity index (χ1n) is 4.81. The maximum absolute atomic E-state index is 11.2. The Hall–Kier alpha value is -0.550. The van der Waals surface area contributed by atoms with Crippen molar-refractivity contribution in [2.45, 2.75) is 12.8 Å². The standard InChI is InChI=1S/C11H13Br2NO2/c1-14-11(15)4-3-8-9(12)5-7(16-2)6-10(8)13/h5-6H,3-4H2,1-2H3,(H,14,15). The van der Waals surface area contributed by atoms with Crippen LogP contribution in [0.4, 0.5) is 0 Å². The zero-order chi connectivity index (χ0) is 12.1. The van der Waals surface area contributed by atoms with Gasteiger partial charge in [0.2, 0.25) is 5.91 Å². The van der Waals surface area contributed by atoms with Crippen LogP contribution in [0.2, 0.25) is 0 Å². The fourth-order valence-electron chi connectivity index (χ4n) is 1.30. The van der Waals surface area contributed by atoms with Crippen LogP contribution in [0.15, 0.2) is 21.1 Å². The van der Waals surface area contributed by atoms with Crippen LogP contribution < -0.4 is 10.1 Å². The highest BCUT2D eigenvalue weighted by Gasteiger charge is 2.09. The zero-order valence-corrected chi connectivity index (χ0v) is 12.3. The summed E-state index contributed by atoms with van der Waals surface area (Å²) in [5.41, 5.74) is 1.07. The van der Waals surface area contributed by atoms with Gasteiger partial charge in [-0.2, -0.15) is 0 Å². The van der Waals surface area contributed by atoms with Crippen molar-refractivity contribution in [3.63, 3.8) is 0 Å². The van der Waals surface area contributed by atoms with E-state index >= 15 is 0 Å². The van der Waals surface area contributed by atoms with Gasteiger partial charge in [-0.3, -0.25) is 4.79 Å². The molecule has 0 heterocycles. The second-order valence-corrected chi connectivity index (χ2v) is 4.95. The SMILES string of the molecule is CNC(=O)CCc1c(Br)cc(OC)cc1Br. The van der Waals surface area contributed by atoms with E-state index in [2.05, 4.69) is 37.2 Å². The van der Waals surface area contributed by atoms with Gasteiger partial charge in [-0.1, -0.05) is 31.9 Å². The predicted molar refractivity (Wildman–Crippen MR) is 70.8 cm³/mol.